The highest BCUT2D eigenvalue weighted by Gasteiger charge is 2.12. The number of carbonyl (C=O) groups excluding carboxylic acids is 1. The largest absolute Gasteiger partial charge is 0.455 e. The van der Waals surface area contributed by atoms with Crippen LogP contribution in [0.2, 0.25) is 10.0 Å². The Bertz CT molecular complexity index is 847. The molecule has 0 bridgehead atoms. The lowest BCUT2D eigenvalue weighted by Crippen LogP contribution is -2.08. The number of aromatic nitrogens is 2. The molecular weight excluding hydrogens is 351 g/mol. The van der Waals surface area contributed by atoms with Crippen molar-refractivity contribution in [2.24, 2.45) is 0 Å². The molecule has 0 aliphatic heterocycles. The van der Waals surface area contributed by atoms with Crippen molar-refractivity contribution in [3.05, 3.63) is 70.0 Å². The van der Waals surface area contributed by atoms with Gasteiger partial charge in [-0.25, -0.2) is 0 Å². The Morgan fingerprint density at radius 3 is 2.54 bits per heavy atom. The van der Waals surface area contributed by atoms with E-state index in [2.05, 4.69) is 10.2 Å². The predicted molar refractivity (Wildman–Crippen MR) is 89.7 cm³/mol. The number of benzene rings is 2. The fraction of sp³-hybridized carbons (Fsp3) is 0.118. The third-order valence-electron chi connectivity index (χ3n) is 3.21. The van der Waals surface area contributed by atoms with Crippen LogP contribution < -0.4 is 0 Å². The molecule has 0 amide bonds. The zero-order valence-corrected chi connectivity index (χ0v) is 13.9. The minimum atomic E-state index is -0.422. The first-order valence-electron chi connectivity index (χ1n) is 7.09. The van der Waals surface area contributed by atoms with Gasteiger partial charge in [0.2, 0.25) is 5.89 Å². The zero-order valence-electron chi connectivity index (χ0n) is 12.4. The first kappa shape index (κ1) is 16.5. The smallest absolute Gasteiger partial charge is 0.310 e. The molecule has 0 unspecified atom stereocenters. The zero-order chi connectivity index (χ0) is 16.9. The summed E-state index contributed by atoms with van der Waals surface area (Å²) in [4.78, 5) is 11.9. The highest BCUT2D eigenvalue weighted by atomic mass is 35.5. The molecule has 3 rings (SSSR count). The Hall–Kier alpha value is -2.37. The Labute approximate surface area is 148 Å². The molecule has 2 aromatic carbocycles. The third-order valence-corrected chi connectivity index (χ3v) is 3.83. The van der Waals surface area contributed by atoms with Gasteiger partial charge >= 0.3 is 5.97 Å². The molecule has 5 nitrogen and oxygen atoms in total. The second-order valence-electron chi connectivity index (χ2n) is 4.94. The maximum atomic E-state index is 11.9. The summed E-state index contributed by atoms with van der Waals surface area (Å²) in [6.45, 7) is -0.0934. The Morgan fingerprint density at radius 2 is 1.79 bits per heavy atom. The van der Waals surface area contributed by atoms with Crippen molar-refractivity contribution in [2.45, 2.75) is 13.0 Å². The maximum Gasteiger partial charge on any atom is 0.310 e. The lowest BCUT2D eigenvalue weighted by molar-refractivity contribution is -0.144. The van der Waals surface area contributed by atoms with Crippen LogP contribution in [0.25, 0.3) is 11.5 Å². The van der Waals surface area contributed by atoms with Crippen LogP contribution in [-0.2, 0) is 22.6 Å². The Morgan fingerprint density at radius 1 is 1.04 bits per heavy atom. The molecule has 1 heterocycles. The quantitative estimate of drug-likeness (QED) is 0.632. The molecule has 0 spiro atoms. The molecule has 24 heavy (non-hydrogen) atoms. The van der Waals surface area contributed by atoms with Crippen molar-refractivity contribution in [2.75, 3.05) is 0 Å². The number of hydrogen-bond acceptors (Lipinski definition) is 5. The van der Waals surface area contributed by atoms with E-state index in [-0.39, 0.29) is 18.9 Å². The van der Waals surface area contributed by atoms with Crippen LogP contribution in [0.3, 0.4) is 0 Å². The van der Waals surface area contributed by atoms with Gasteiger partial charge in [-0.15, -0.1) is 10.2 Å². The minimum absolute atomic E-state index is 0.0812. The summed E-state index contributed by atoms with van der Waals surface area (Å²) in [7, 11) is 0. The van der Waals surface area contributed by atoms with Crippen molar-refractivity contribution in [3.63, 3.8) is 0 Å². The summed E-state index contributed by atoms with van der Waals surface area (Å²) in [5.74, 6) is 0.130. The number of esters is 1. The van der Waals surface area contributed by atoms with E-state index in [1.54, 1.807) is 42.5 Å². The molecule has 0 fully saturated rings. The van der Waals surface area contributed by atoms with Gasteiger partial charge in [0, 0.05) is 15.6 Å². The van der Waals surface area contributed by atoms with Crippen molar-refractivity contribution in [3.8, 4) is 11.5 Å². The van der Waals surface area contributed by atoms with Crippen LogP contribution in [-0.4, -0.2) is 16.2 Å². The molecule has 0 aliphatic rings. The van der Waals surface area contributed by atoms with Crippen LogP contribution in [0, 0.1) is 0 Å². The van der Waals surface area contributed by atoms with Crippen LogP contribution in [0.5, 0.6) is 0 Å². The number of ether oxygens (including phenoxy) is 1. The standard InChI is InChI=1S/C17H12Cl2N2O3/c18-13-7-5-11(6-8-13)17-21-20-15(24-17)10-23-16(22)9-12-3-1-2-4-14(12)19/h1-8H,9-10H2. The molecule has 0 saturated heterocycles. The summed E-state index contributed by atoms with van der Waals surface area (Å²) in [5, 5.41) is 8.92. The Balaban J connectivity index is 1.58. The first-order valence-corrected chi connectivity index (χ1v) is 7.85. The molecule has 0 radical (unpaired) electrons. The number of nitrogens with zero attached hydrogens (tertiary/aromatic N) is 2. The van der Waals surface area contributed by atoms with Crippen molar-refractivity contribution in [1.29, 1.82) is 0 Å². The predicted octanol–water partition coefficient (Wildman–Crippen LogP) is 4.33. The van der Waals surface area contributed by atoms with Crippen LogP contribution >= 0.6 is 23.2 Å². The van der Waals surface area contributed by atoms with E-state index in [0.29, 0.717) is 21.5 Å². The highest BCUT2D eigenvalue weighted by molar-refractivity contribution is 6.31. The average molecular weight is 363 g/mol. The minimum Gasteiger partial charge on any atom is -0.455 e. The average Bonchev–Trinajstić information content (AvgIpc) is 3.05. The second-order valence-corrected chi connectivity index (χ2v) is 5.78. The number of carbonyl (C=O) groups is 1. The fourth-order valence-corrected chi connectivity index (χ4v) is 2.34. The molecule has 1 aromatic heterocycles. The van der Waals surface area contributed by atoms with Gasteiger partial charge in [-0.05, 0) is 35.9 Å². The third kappa shape index (κ3) is 4.13. The fourth-order valence-electron chi connectivity index (χ4n) is 2.01. The second kappa shape index (κ2) is 7.47. The van der Waals surface area contributed by atoms with Crippen LogP contribution in [0.15, 0.2) is 52.9 Å². The van der Waals surface area contributed by atoms with Gasteiger partial charge in [0.25, 0.3) is 5.89 Å². The van der Waals surface area contributed by atoms with Crippen molar-refractivity contribution < 1.29 is 13.9 Å². The van der Waals surface area contributed by atoms with Crippen molar-refractivity contribution in [1.82, 2.24) is 10.2 Å². The number of hydrogen-bond donors (Lipinski definition) is 0. The van der Waals surface area contributed by atoms with Gasteiger partial charge in [-0.3, -0.25) is 4.79 Å². The van der Waals surface area contributed by atoms with E-state index in [0.717, 1.165) is 5.56 Å². The van der Waals surface area contributed by atoms with Crippen LogP contribution in [0.1, 0.15) is 11.5 Å². The molecule has 0 atom stereocenters. The SMILES string of the molecule is O=C(Cc1ccccc1Cl)OCc1nnc(-c2ccc(Cl)cc2)o1. The van der Waals surface area contributed by atoms with Gasteiger partial charge in [0.1, 0.15) is 0 Å². The first-order chi connectivity index (χ1) is 11.6. The van der Waals surface area contributed by atoms with E-state index in [4.69, 9.17) is 32.4 Å². The molecule has 7 heteroatoms. The lowest BCUT2D eigenvalue weighted by atomic mass is 10.1. The summed E-state index contributed by atoms with van der Waals surface area (Å²) in [5.41, 5.74) is 1.44. The summed E-state index contributed by atoms with van der Waals surface area (Å²) < 4.78 is 10.6. The van der Waals surface area contributed by atoms with Gasteiger partial charge in [-0.1, -0.05) is 41.4 Å². The van der Waals surface area contributed by atoms with E-state index < -0.39 is 5.97 Å². The van der Waals surface area contributed by atoms with Gasteiger partial charge in [0.05, 0.1) is 6.42 Å². The molecule has 3 aromatic rings. The molecule has 0 saturated carbocycles. The highest BCUT2D eigenvalue weighted by Crippen LogP contribution is 2.20. The molecule has 0 aliphatic carbocycles. The van der Waals surface area contributed by atoms with Gasteiger partial charge < -0.3 is 9.15 Å². The van der Waals surface area contributed by atoms with Crippen LogP contribution in [0.4, 0.5) is 0 Å². The Kier molecular flexibility index (Phi) is 5.13. The topological polar surface area (TPSA) is 65.2 Å². The monoisotopic (exact) mass is 362 g/mol. The summed E-state index contributed by atoms with van der Waals surface area (Å²) in [6.07, 6.45) is 0.0812. The van der Waals surface area contributed by atoms with Crippen molar-refractivity contribution >= 4 is 29.2 Å². The summed E-state index contributed by atoms with van der Waals surface area (Å²) >= 11 is 11.8. The number of rotatable bonds is 5. The van der Waals surface area contributed by atoms with E-state index in [9.17, 15) is 4.79 Å². The number of halogens is 2. The molecular formula is C17H12Cl2N2O3. The van der Waals surface area contributed by atoms with Gasteiger partial charge in [-0.2, -0.15) is 0 Å². The molecule has 0 N–H and O–H groups in total. The van der Waals surface area contributed by atoms with E-state index >= 15 is 0 Å². The van der Waals surface area contributed by atoms with E-state index in [1.165, 1.54) is 0 Å². The van der Waals surface area contributed by atoms with E-state index in [1.807, 2.05) is 6.07 Å². The molecule has 122 valence electrons. The lowest BCUT2D eigenvalue weighted by Gasteiger charge is -2.04. The summed E-state index contributed by atoms with van der Waals surface area (Å²) in [6, 6.07) is 14.1. The maximum absolute atomic E-state index is 11.9. The normalized spacial score (nSPS) is 10.6. The van der Waals surface area contributed by atoms with Gasteiger partial charge in [0.15, 0.2) is 6.61 Å².